The lowest BCUT2D eigenvalue weighted by molar-refractivity contribution is -0.136. The zero-order chi connectivity index (χ0) is 11.1. The largest absolute Gasteiger partial charge is 0.466 e. The number of hydrogen-bond acceptors (Lipinski definition) is 4. The van der Waals surface area contributed by atoms with E-state index in [9.17, 15) is 4.79 Å². The first-order valence-corrected chi connectivity index (χ1v) is 6.05. The number of esters is 1. The van der Waals surface area contributed by atoms with Crippen LogP contribution in [0.3, 0.4) is 0 Å². The molecule has 82 valence electrons. The van der Waals surface area contributed by atoms with Gasteiger partial charge in [0.05, 0.1) is 7.11 Å². The van der Waals surface area contributed by atoms with E-state index in [1.165, 1.54) is 7.11 Å². The Labute approximate surface area is 86.7 Å². The molecule has 0 aromatic rings. The van der Waals surface area contributed by atoms with Gasteiger partial charge in [-0.3, -0.25) is 0 Å². The van der Waals surface area contributed by atoms with E-state index >= 15 is 0 Å². The van der Waals surface area contributed by atoms with E-state index in [4.69, 9.17) is 8.85 Å². The highest BCUT2D eigenvalue weighted by atomic mass is 28.3. The van der Waals surface area contributed by atoms with Crippen LogP contribution in [0.4, 0.5) is 0 Å². The maximum Gasteiger partial charge on any atom is 0.333 e. The number of methoxy groups -OCH3 is 1. The van der Waals surface area contributed by atoms with Crippen molar-refractivity contribution in [2.75, 3.05) is 21.3 Å². The van der Waals surface area contributed by atoms with Gasteiger partial charge in [-0.2, -0.15) is 0 Å². The molecule has 0 amide bonds. The van der Waals surface area contributed by atoms with Crippen molar-refractivity contribution < 1.29 is 18.4 Å². The predicted octanol–water partition coefficient (Wildman–Crippen LogP) is 1.01. The maximum absolute atomic E-state index is 11.2. The fourth-order valence-electron chi connectivity index (χ4n) is 1.31. The molecule has 0 spiro atoms. The molecular weight excluding hydrogens is 200 g/mol. The van der Waals surface area contributed by atoms with Crippen molar-refractivity contribution in [3.05, 3.63) is 12.2 Å². The van der Waals surface area contributed by atoms with Crippen LogP contribution in [0.1, 0.15) is 13.3 Å². The van der Waals surface area contributed by atoms with Crippen molar-refractivity contribution in [1.29, 1.82) is 0 Å². The van der Waals surface area contributed by atoms with Gasteiger partial charge in [-0.05, 0) is 6.42 Å². The van der Waals surface area contributed by atoms with Crippen LogP contribution in [0.15, 0.2) is 12.2 Å². The molecule has 0 saturated carbocycles. The summed E-state index contributed by atoms with van der Waals surface area (Å²) < 4.78 is 15.0. The highest BCUT2D eigenvalue weighted by Crippen LogP contribution is 2.25. The van der Waals surface area contributed by atoms with E-state index in [0.717, 1.165) is 6.42 Å². The minimum atomic E-state index is -1.84. The van der Waals surface area contributed by atoms with Crippen molar-refractivity contribution >= 4 is 15.3 Å². The Morgan fingerprint density at radius 3 is 2.14 bits per heavy atom. The fourth-order valence-corrected chi connectivity index (χ4v) is 3.01. The second-order valence-electron chi connectivity index (χ2n) is 2.87. The summed E-state index contributed by atoms with van der Waals surface area (Å²) in [5.74, 6) is -0.386. The maximum atomic E-state index is 11.2. The zero-order valence-corrected chi connectivity index (χ0v) is 10.4. The standard InChI is InChI=1S/C9H18O4Si/c1-6-8(14(12-4)13-5)7(2)9(10)11-3/h8,14H,2,6H2,1,3-5H3. The highest BCUT2D eigenvalue weighted by Gasteiger charge is 2.29. The average Bonchev–Trinajstić information content (AvgIpc) is 2.23. The Balaban J connectivity index is 4.53. The van der Waals surface area contributed by atoms with Crippen LogP contribution >= 0.6 is 0 Å². The SMILES string of the molecule is C=C(C(=O)OC)C(CC)[SiH](OC)OC. The van der Waals surface area contributed by atoms with Crippen molar-refractivity contribution in [3.63, 3.8) is 0 Å². The molecule has 0 saturated heterocycles. The molecular formula is C9H18O4Si. The Bertz CT molecular complexity index is 201. The second-order valence-corrected chi connectivity index (χ2v) is 5.36. The normalized spacial score (nSPS) is 12.6. The van der Waals surface area contributed by atoms with E-state index in [-0.39, 0.29) is 11.5 Å². The van der Waals surface area contributed by atoms with Crippen LogP contribution in [-0.4, -0.2) is 36.6 Å². The topological polar surface area (TPSA) is 44.8 Å². The van der Waals surface area contributed by atoms with Gasteiger partial charge in [0.1, 0.15) is 0 Å². The summed E-state index contributed by atoms with van der Waals surface area (Å²) in [6, 6.07) is 0. The molecule has 0 aromatic heterocycles. The van der Waals surface area contributed by atoms with Gasteiger partial charge >= 0.3 is 15.3 Å². The molecule has 14 heavy (non-hydrogen) atoms. The first-order chi connectivity index (χ1) is 6.62. The van der Waals surface area contributed by atoms with E-state index in [1.807, 2.05) is 6.92 Å². The van der Waals surface area contributed by atoms with Crippen LogP contribution in [0.25, 0.3) is 0 Å². The molecule has 0 heterocycles. The summed E-state index contributed by atoms with van der Waals surface area (Å²) in [6.45, 7) is 5.68. The number of carbonyl (C=O) groups is 1. The molecule has 0 fully saturated rings. The monoisotopic (exact) mass is 218 g/mol. The van der Waals surface area contributed by atoms with Crippen molar-refractivity contribution in [2.24, 2.45) is 0 Å². The number of hydrogen-bond donors (Lipinski definition) is 0. The summed E-state index contributed by atoms with van der Waals surface area (Å²) in [4.78, 5) is 11.2. The predicted molar refractivity (Wildman–Crippen MR) is 56.4 cm³/mol. The summed E-state index contributed by atoms with van der Waals surface area (Å²) in [5.41, 5.74) is 0.410. The van der Waals surface area contributed by atoms with E-state index in [0.29, 0.717) is 5.57 Å². The molecule has 0 aromatic carbocycles. The van der Waals surface area contributed by atoms with E-state index < -0.39 is 9.28 Å². The number of carbonyl (C=O) groups excluding carboxylic acids is 1. The lowest BCUT2D eigenvalue weighted by Gasteiger charge is -2.21. The van der Waals surface area contributed by atoms with Crippen LogP contribution in [0.5, 0.6) is 0 Å². The quantitative estimate of drug-likeness (QED) is 0.379. The van der Waals surface area contributed by atoms with Gasteiger partial charge < -0.3 is 13.6 Å². The molecule has 0 rings (SSSR count). The molecule has 0 aliphatic heterocycles. The van der Waals surface area contributed by atoms with Crippen LogP contribution in [0, 0.1) is 0 Å². The van der Waals surface area contributed by atoms with Crippen molar-refractivity contribution in [2.45, 2.75) is 18.9 Å². The Kier molecular flexibility index (Phi) is 6.43. The minimum Gasteiger partial charge on any atom is -0.466 e. The van der Waals surface area contributed by atoms with Gasteiger partial charge in [-0.15, -0.1) is 0 Å². The first kappa shape index (κ1) is 13.3. The summed E-state index contributed by atoms with van der Waals surface area (Å²) in [6.07, 6.45) is 0.770. The minimum absolute atomic E-state index is 0.0301. The van der Waals surface area contributed by atoms with Gasteiger partial charge in [0, 0.05) is 25.3 Å². The Hall–Kier alpha value is -0.653. The molecule has 0 bridgehead atoms. The number of rotatable bonds is 6. The molecule has 0 radical (unpaired) electrons. The third-order valence-corrected chi connectivity index (χ3v) is 4.59. The third kappa shape index (κ3) is 3.25. The van der Waals surface area contributed by atoms with Gasteiger partial charge in [0.15, 0.2) is 0 Å². The summed E-state index contributed by atoms with van der Waals surface area (Å²) >= 11 is 0. The Morgan fingerprint density at radius 2 is 1.86 bits per heavy atom. The first-order valence-electron chi connectivity index (χ1n) is 4.45. The second kappa shape index (κ2) is 6.75. The van der Waals surface area contributed by atoms with Gasteiger partial charge in [-0.1, -0.05) is 13.5 Å². The fraction of sp³-hybridized carbons (Fsp3) is 0.667. The highest BCUT2D eigenvalue weighted by molar-refractivity contribution is 6.48. The van der Waals surface area contributed by atoms with E-state index in [2.05, 4.69) is 11.3 Å². The van der Waals surface area contributed by atoms with E-state index in [1.54, 1.807) is 14.2 Å². The van der Waals surface area contributed by atoms with Gasteiger partial charge in [0.2, 0.25) is 0 Å². The summed E-state index contributed by atoms with van der Waals surface area (Å²) in [7, 11) is 2.69. The van der Waals surface area contributed by atoms with Gasteiger partial charge in [-0.25, -0.2) is 4.79 Å². The lowest BCUT2D eigenvalue weighted by atomic mass is 10.2. The zero-order valence-electron chi connectivity index (χ0n) is 9.20. The third-order valence-electron chi connectivity index (χ3n) is 2.13. The van der Waals surface area contributed by atoms with Crippen LogP contribution in [0.2, 0.25) is 5.54 Å². The molecule has 0 aliphatic carbocycles. The molecule has 0 N–H and O–H groups in total. The van der Waals surface area contributed by atoms with Crippen molar-refractivity contribution in [3.8, 4) is 0 Å². The Morgan fingerprint density at radius 1 is 1.36 bits per heavy atom. The van der Waals surface area contributed by atoms with Gasteiger partial charge in [0.25, 0.3) is 0 Å². The smallest absolute Gasteiger partial charge is 0.333 e. The molecule has 0 aliphatic rings. The number of ether oxygens (including phenoxy) is 1. The van der Waals surface area contributed by atoms with Crippen molar-refractivity contribution in [1.82, 2.24) is 0 Å². The van der Waals surface area contributed by atoms with Crippen LogP contribution in [-0.2, 0) is 18.4 Å². The van der Waals surface area contributed by atoms with Crippen LogP contribution < -0.4 is 0 Å². The molecule has 4 nitrogen and oxygen atoms in total. The summed E-state index contributed by atoms with van der Waals surface area (Å²) in [5, 5.41) is 0. The molecule has 1 unspecified atom stereocenters. The molecule has 1 atom stereocenters. The lowest BCUT2D eigenvalue weighted by Crippen LogP contribution is -2.29. The average molecular weight is 218 g/mol. The molecule has 5 heteroatoms.